The molecule has 8 nitrogen and oxygen atoms in total. The molecule has 9 heteroatoms. The number of H-pyrrole nitrogens is 1. The van der Waals surface area contributed by atoms with Crippen molar-refractivity contribution in [1.82, 2.24) is 20.6 Å². The van der Waals surface area contributed by atoms with Crippen molar-refractivity contribution in [2.45, 2.75) is 45.1 Å². The molecule has 0 bridgehead atoms. The van der Waals surface area contributed by atoms with Gasteiger partial charge in [0.05, 0.1) is 5.69 Å². The molecule has 3 N–H and O–H groups in total. The molecule has 0 saturated carbocycles. The number of ether oxygens (including phenoxy) is 2. The fourth-order valence-electron chi connectivity index (χ4n) is 1.58. The molecule has 0 fully saturated rings. The zero-order valence-electron chi connectivity index (χ0n) is 13.7. The largest absolute Gasteiger partial charge is 0.443 e. The van der Waals surface area contributed by atoms with Gasteiger partial charge in [-0.1, -0.05) is 25.6 Å². The van der Waals surface area contributed by atoms with Crippen LogP contribution >= 0.6 is 11.8 Å². The van der Waals surface area contributed by atoms with Gasteiger partial charge in [0, 0.05) is 13.1 Å². The van der Waals surface area contributed by atoms with Crippen molar-refractivity contribution in [1.29, 1.82) is 0 Å². The van der Waals surface area contributed by atoms with E-state index in [-0.39, 0.29) is 13.2 Å². The van der Waals surface area contributed by atoms with E-state index in [0.717, 1.165) is 12.8 Å². The highest BCUT2D eigenvalue weighted by Gasteiger charge is 2.14. The molecule has 0 aromatic carbocycles. The molecule has 0 saturated heterocycles. The summed E-state index contributed by atoms with van der Waals surface area (Å²) in [5, 5.41) is 5.91. The van der Waals surface area contributed by atoms with Crippen molar-refractivity contribution in [3.8, 4) is 0 Å². The Morgan fingerprint density at radius 3 is 2.17 bits per heavy atom. The first-order chi connectivity index (χ1) is 11.1. The first-order valence-corrected chi connectivity index (χ1v) is 8.76. The van der Waals surface area contributed by atoms with Crippen molar-refractivity contribution in [3.05, 3.63) is 11.4 Å². The van der Waals surface area contributed by atoms with Gasteiger partial charge in [-0.2, -0.15) is 0 Å². The highest BCUT2D eigenvalue weighted by molar-refractivity contribution is 7.98. The number of nitrogens with one attached hydrogen (secondary N) is 3. The maximum absolute atomic E-state index is 11.5. The van der Waals surface area contributed by atoms with Crippen LogP contribution in [0.2, 0.25) is 0 Å². The van der Waals surface area contributed by atoms with Crippen LogP contribution < -0.4 is 10.6 Å². The Morgan fingerprint density at radius 1 is 1.09 bits per heavy atom. The van der Waals surface area contributed by atoms with E-state index < -0.39 is 12.2 Å². The van der Waals surface area contributed by atoms with E-state index in [9.17, 15) is 9.59 Å². The summed E-state index contributed by atoms with van der Waals surface area (Å²) in [6.07, 6.45) is 2.56. The second kappa shape index (κ2) is 10.8. The molecule has 1 aromatic heterocycles. The normalized spacial score (nSPS) is 10.2. The average Bonchev–Trinajstić information content (AvgIpc) is 2.96. The molecular weight excluding hydrogens is 320 g/mol. The minimum atomic E-state index is -0.492. The maximum atomic E-state index is 11.5. The summed E-state index contributed by atoms with van der Waals surface area (Å²) in [7, 11) is 0. The van der Waals surface area contributed by atoms with Crippen molar-refractivity contribution >= 4 is 23.9 Å². The molecule has 0 unspecified atom stereocenters. The predicted octanol–water partition coefficient (Wildman–Crippen LogP) is 2.40. The lowest BCUT2D eigenvalue weighted by Crippen LogP contribution is -2.25. The van der Waals surface area contributed by atoms with Crippen LogP contribution in [0.1, 0.15) is 38.1 Å². The number of carbonyl (C=O) groups excluding carboxylic acids is 2. The van der Waals surface area contributed by atoms with Crippen LogP contribution in [0, 0.1) is 0 Å². The summed E-state index contributed by atoms with van der Waals surface area (Å²) < 4.78 is 10.2. The van der Waals surface area contributed by atoms with Crippen LogP contribution in [0.15, 0.2) is 5.16 Å². The summed E-state index contributed by atoms with van der Waals surface area (Å²) in [5.74, 6) is 0. The average molecular weight is 344 g/mol. The van der Waals surface area contributed by atoms with Gasteiger partial charge in [0.2, 0.25) is 0 Å². The third-order valence-corrected chi connectivity index (χ3v) is 3.34. The number of alkyl carbamates (subject to hydrolysis) is 2. The van der Waals surface area contributed by atoms with Gasteiger partial charge in [-0.25, -0.2) is 14.6 Å². The summed E-state index contributed by atoms with van der Waals surface area (Å²) in [4.78, 5) is 30.3. The standard InChI is InChI=1S/C14H24N4O4S/c1-4-6-15-13(19)21-8-10-11(18-12(17-10)23-3)9-22-14(20)16-7-5-2/h4-9H2,1-3H3,(H,15,19)(H,16,20)(H,17,18). The molecule has 0 spiro atoms. The molecule has 2 amide bonds. The Kier molecular flexibility index (Phi) is 8.96. The van der Waals surface area contributed by atoms with E-state index in [1.807, 2.05) is 20.1 Å². The zero-order chi connectivity index (χ0) is 17.1. The number of rotatable bonds is 9. The Morgan fingerprint density at radius 2 is 1.65 bits per heavy atom. The monoisotopic (exact) mass is 344 g/mol. The van der Waals surface area contributed by atoms with Crippen LogP contribution in [0.3, 0.4) is 0 Å². The minimum absolute atomic E-state index is 0.0158. The number of aromatic nitrogens is 2. The molecule has 1 aromatic rings. The van der Waals surface area contributed by atoms with Crippen LogP contribution in [-0.2, 0) is 22.7 Å². The van der Waals surface area contributed by atoms with Gasteiger partial charge in [0.25, 0.3) is 0 Å². The highest BCUT2D eigenvalue weighted by atomic mass is 32.2. The SMILES string of the molecule is CCCNC(=O)OCc1nc(SC)[nH]c1COC(=O)NCCC. The number of carbonyl (C=O) groups is 2. The van der Waals surface area contributed by atoms with Gasteiger partial charge >= 0.3 is 12.2 Å². The second-order valence-corrected chi connectivity index (χ2v) is 5.47. The van der Waals surface area contributed by atoms with E-state index in [1.54, 1.807) is 0 Å². The van der Waals surface area contributed by atoms with Crippen molar-refractivity contribution in [2.24, 2.45) is 0 Å². The molecule has 0 aliphatic carbocycles. The van der Waals surface area contributed by atoms with Crippen LogP contribution in [0.5, 0.6) is 0 Å². The third kappa shape index (κ3) is 7.27. The number of hydrogen-bond donors (Lipinski definition) is 3. The van der Waals surface area contributed by atoms with Gasteiger partial charge in [0.15, 0.2) is 5.16 Å². The fraction of sp³-hybridized carbons (Fsp3) is 0.643. The number of aromatic amines is 1. The Bertz CT molecular complexity index is 465. The Hall–Kier alpha value is -1.90. The topological polar surface area (TPSA) is 105 Å². The number of thioether (sulfide) groups is 1. The predicted molar refractivity (Wildman–Crippen MR) is 87.3 cm³/mol. The van der Waals surface area contributed by atoms with Gasteiger partial charge in [0.1, 0.15) is 18.9 Å². The van der Waals surface area contributed by atoms with E-state index in [4.69, 9.17) is 9.47 Å². The zero-order valence-corrected chi connectivity index (χ0v) is 14.5. The van der Waals surface area contributed by atoms with Gasteiger partial charge in [-0.15, -0.1) is 0 Å². The van der Waals surface area contributed by atoms with Crippen molar-refractivity contribution < 1.29 is 19.1 Å². The molecule has 130 valence electrons. The smallest absolute Gasteiger partial charge is 0.407 e. The highest BCUT2D eigenvalue weighted by Crippen LogP contribution is 2.16. The van der Waals surface area contributed by atoms with Gasteiger partial charge in [-0.3, -0.25) is 0 Å². The van der Waals surface area contributed by atoms with Crippen molar-refractivity contribution in [2.75, 3.05) is 19.3 Å². The third-order valence-electron chi connectivity index (χ3n) is 2.76. The Labute approximate surface area is 140 Å². The molecule has 0 aliphatic heterocycles. The summed E-state index contributed by atoms with van der Waals surface area (Å²) in [5.41, 5.74) is 1.16. The molecular formula is C14H24N4O4S. The lowest BCUT2D eigenvalue weighted by molar-refractivity contribution is 0.130. The summed E-state index contributed by atoms with van der Waals surface area (Å²) >= 11 is 1.42. The summed E-state index contributed by atoms with van der Waals surface area (Å²) in [6, 6.07) is 0. The van der Waals surface area contributed by atoms with Gasteiger partial charge in [-0.05, 0) is 19.1 Å². The quantitative estimate of drug-likeness (QED) is 0.594. The lowest BCUT2D eigenvalue weighted by Gasteiger charge is -2.07. The van der Waals surface area contributed by atoms with E-state index in [2.05, 4.69) is 20.6 Å². The molecule has 1 rings (SSSR count). The minimum Gasteiger partial charge on any atom is -0.443 e. The fourth-order valence-corrected chi connectivity index (χ4v) is 2.01. The number of amides is 2. The molecule has 0 radical (unpaired) electrons. The van der Waals surface area contributed by atoms with Gasteiger partial charge < -0.3 is 25.1 Å². The number of nitrogens with zero attached hydrogens (tertiary/aromatic N) is 1. The van der Waals surface area contributed by atoms with E-state index >= 15 is 0 Å². The first-order valence-electron chi connectivity index (χ1n) is 7.53. The molecule has 1 heterocycles. The molecule has 23 heavy (non-hydrogen) atoms. The van der Waals surface area contributed by atoms with E-state index in [1.165, 1.54) is 11.8 Å². The summed E-state index contributed by atoms with van der Waals surface area (Å²) in [6.45, 7) is 5.09. The van der Waals surface area contributed by atoms with Crippen LogP contribution in [-0.4, -0.2) is 41.5 Å². The van der Waals surface area contributed by atoms with Crippen LogP contribution in [0.25, 0.3) is 0 Å². The second-order valence-electron chi connectivity index (χ2n) is 4.68. The number of imidazole rings is 1. The molecule has 0 aliphatic rings. The van der Waals surface area contributed by atoms with Crippen molar-refractivity contribution in [3.63, 3.8) is 0 Å². The Balaban J connectivity index is 2.55. The maximum Gasteiger partial charge on any atom is 0.407 e. The van der Waals surface area contributed by atoms with Crippen LogP contribution in [0.4, 0.5) is 9.59 Å². The van der Waals surface area contributed by atoms with E-state index in [0.29, 0.717) is 29.6 Å². The first kappa shape index (κ1) is 19.1. The number of hydrogen-bond acceptors (Lipinski definition) is 6. The lowest BCUT2D eigenvalue weighted by atomic mass is 10.3. The molecule has 0 atom stereocenters.